The number of aromatic nitrogens is 2. The summed E-state index contributed by atoms with van der Waals surface area (Å²) in [5, 5.41) is 3.58. The van der Waals surface area contributed by atoms with Crippen molar-refractivity contribution in [2.75, 3.05) is 42.9 Å². The lowest BCUT2D eigenvalue weighted by atomic mass is 9.95. The number of hydrogen-bond acceptors (Lipinski definition) is 6. The Balaban J connectivity index is 1.35. The number of quaternary nitrogens is 1. The van der Waals surface area contributed by atoms with Gasteiger partial charge >= 0.3 is 0 Å². The van der Waals surface area contributed by atoms with Crippen molar-refractivity contribution in [1.82, 2.24) is 9.97 Å². The van der Waals surface area contributed by atoms with Crippen LogP contribution in [-0.4, -0.2) is 54.5 Å². The molecule has 1 aliphatic carbocycles. The second kappa shape index (κ2) is 8.24. The van der Waals surface area contributed by atoms with Gasteiger partial charge in [-0.3, -0.25) is 9.59 Å². The van der Waals surface area contributed by atoms with Gasteiger partial charge < -0.3 is 20.9 Å². The maximum Gasteiger partial charge on any atom is 0.280 e. The van der Waals surface area contributed by atoms with Crippen molar-refractivity contribution in [1.29, 1.82) is 0 Å². The van der Waals surface area contributed by atoms with Crippen LogP contribution in [0.15, 0.2) is 18.5 Å². The number of aryl methyl sites for hydroxylation is 1. The van der Waals surface area contributed by atoms with Gasteiger partial charge in [0.1, 0.15) is 5.00 Å². The minimum atomic E-state index is -0.446. The van der Waals surface area contributed by atoms with Gasteiger partial charge in [0.2, 0.25) is 5.95 Å². The van der Waals surface area contributed by atoms with Gasteiger partial charge in [-0.05, 0) is 37.3 Å². The molecule has 0 aromatic carbocycles. The SMILES string of the molecule is NC(=O)c1c(NC(=O)C[NH+]2CCN(c3ncccn3)CC2)sc2c1CCCC2. The lowest BCUT2D eigenvalue weighted by Gasteiger charge is -2.31. The topological polar surface area (TPSA) is 106 Å². The zero-order valence-electron chi connectivity index (χ0n) is 15.7. The van der Waals surface area contributed by atoms with E-state index in [0.717, 1.165) is 63.4 Å². The van der Waals surface area contributed by atoms with E-state index in [1.807, 2.05) is 0 Å². The number of hydrogen-bond donors (Lipinski definition) is 3. The largest absolute Gasteiger partial charge is 0.365 e. The lowest BCUT2D eigenvalue weighted by Crippen LogP contribution is -3.15. The molecule has 0 atom stereocenters. The Labute approximate surface area is 167 Å². The van der Waals surface area contributed by atoms with Crippen LogP contribution in [0.3, 0.4) is 0 Å². The van der Waals surface area contributed by atoms with Crippen LogP contribution in [0.5, 0.6) is 0 Å². The Morgan fingerprint density at radius 2 is 1.89 bits per heavy atom. The van der Waals surface area contributed by atoms with Crippen LogP contribution in [0.25, 0.3) is 0 Å². The molecule has 2 amide bonds. The number of anilines is 2. The number of rotatable bonds is 5. The van der Waals surface area contributed by atoms with Crippen molar-refractivity contribution >= 4 is 34.1 Å². The molecular formula is C19H25N6O2S+. The van der Waals surface area contributed by atoms with Gasteiger partial charge in [0.25, 0.3) is 11.8 Å². The van der Waals surface area contributed by atoms with Crippen LogP contribution in [0, 0.1) is 0 Å². The highest BCUT2D eigenvalue weighted by atomic mass is 32.1. The molecule has 4 rings (SSSR count). The van der Waals surface area contributed by atoms with Gasteiger partial charge in [0.05, 0.1) is 31.7 Å². The summed E-state index contributed by atoms with van der Waals surface area (Å²) in [4.78, 5) is 37.7. The monoisotopic (exact) mass is 401 g/mol. The summed E-state index contributed by atoms with van der Waals surface area (Å²) in [5.74, 6) is 0.222. The molecule has 0 spiro atoms. The maximum absolute atomic E-state index is 12.6. The molecule has 1 aliphatic heterocycles. The summed E-state index contributed by atoms with van der Waals surface area (Å²) in [6, 6.07) is 1.80. The first-order valence-corrected chi connectivity index (χ1v) is 10.5. The first kappa shape index (κ1) is 18.8. The number of piperazine rings is 1. The van der Waals surface area contributed by atoms with Gasteiger partial charge in [-0.1, -0.05) is 0 Å². The Bertz CT molecular complexity index is 861. The number of nitrogens with zero attached hydrogens (tertiary/aromatic N) is 3. The first-order valence-electron chi connectivity index (χ1n) is 9.71. The third-order valence-electron chi connectivity index (χ3n) is 5.39. The number of fused-ring (bicyclic) bond motifs is 1. The lowest BCUT2D eigenvalue weighted by molar-refractivity contribution is -0.892. The molecule has 4 N–H and O–H groups in total. The predicted molar refractivity (Wildman–Crippen MR) is 108 cm³/mol. The fraction of sp³-hybridized carbons (Fsp3) is 0.474. The Morgan fingerprint density at radius 1 is 1.18 bits per heavy atom. The number of nitrogens with two attached hydrogens (primary N) is 1. The van der Waals surface area contributed by atoms with Crippen molar-refractivity contribution in [3.05, 3.63) is 34.5 Å². The van der Waals surface area contributed by atoms with Gasteiger partial charge in [0, 0.05) is 17.3 Å². The quantitative estimate of drug-likeness (QED) is 0.647. The Morgan fingerprint density at radius 3 is 2.61 bits per heavy atom. The van der Waals surface area contributed by atoms with Gasteiger partial charge in [-0.2, -0.15) is 0 Å². The van der Waals surface area contributed by atoms with Crippen molar-refractivity contribution < 1.29 is 14.5 Å². The van der Waals surface area contributed by atoms with E-state index in [0.29, 0.717) is 17.1 Å². The summed E-state index contributed by atoms with van der Waals surface area (Å²) in [6.07, 6.45) is 7.51. The van der Waals surface area contributed by atoms with E-state index in [-0.39, 0.29) is 5.91 Å². The fourth-order valence-corrected chi connectivity index (χ4v) is 5.28. The van der Waals surface area contributed by atoms with Gasteiger partial charge in [0.15, 0.2) is 6.54 Å². The molecule has 9 heteroatoms. The predicted octanol–water partition coefficient (Wildman–Crippen LogP) is -0.141. The van der Waals surface area contributed by atoms with Crippen LogP contribution >= 0.6 is 11.3 Å². The summed E-state index contributed by atoms with van der Waals surface area (Å²) < 4.78 is 0. The maximum atomic E-state index is 12.6. The van der Waals surface area contributed by atoms with Crippen LogP contribution in [-0.2, 0) is 17.6 Å². The molecule has 148 valence electrons. The molecule has 0 saturated carbocycles. The standard InChI is InChI=1S/C19H24N6O2S/c20-17(27)16-13-4-1-2-5-14(13)28-18(16)23-15(26)12-24-8-10-25(11-9-24)19-21-6-3-7-22-19/h3,6-7H,1-2,4-5,8-12H2,(H2,20,27)(H,23,26)/p+1. The van der Waals surface area contributed by atoms with Crippen molar-refractivity contribution in [3.63, 3.8) is 0 Å². The minimum absolute atomic E-state index is 0.0690. The van der Waals surface area contributed by atoms with Crippen LogP contribution in [0.4, 0.5) is 10.9 Å². The number of thiophene rings is 1. The molecule has 1 fully saturated rings. The highest BCUT2D eigenvalue weighted by Gasteiger charge is 2.27. The van der Waals surface area contributed by atoms with Crippen molar-refractivity contribution in [3.8, 4) is 0 Å². The highest BCUT2D eigenvalue weighted by Crippen LogP contribution is 2.37. The Hall–Kier alpha value is -2.52. The third kappa shape index (κ3) is 4.00. The average Bonchev–Trinajstić information content (AvgIpc) is 3.07. The van der Waals surface area contributed by atoms with Crippen molar-refractivity contribution in [2.45, 2.75) is 25.7 Å². The summed E-state index contributed by atoms with van der Waals surface area (Å²) >= 11 is 1.51. The summed E-state index contributed by atoms with van der Waals surface area (Å²) in [7, 11) is 0. The van der Waals surface area contributed by atoms with Crippen molar-refractivity contribution in [2.24, 2.45) is 5.73 Å². The molecule has 1 saturated heterocycles. The zero-order chi connectivity index (χ0) is 19.5. The smallest absolute Gasteiger partial charge is 0.280 e. The van der Waals surface area contributed by atoms with E-state index >= 15 is 0 Å². The first-order chi connectivity index (χ1) is 13.6. The summed E-state index contributed by atoms with van der Waals surface area (Å²) in [6.45, 7) is 3.69. The zero-order valence-corrected chi connectivity index (χ0v) is 16.6. The number of primary amides is 1. The van der Waals surface area contributed by atoms with Crippen LogP contribution < -0.4 is 20.9 Å². The van der Waals surface area contributed by atoms with E-state index in [1.54, 1.807) is 18.5 Å². The van der Waals surface area contributed by atoms with E-state index in [1.165, 1.54) is 21.1 Å². The molecule has 2 aliphatic rings. The van der Waals surface area contributed by atoms with Gasteiger partial charge in [-0.15, -0.1) is 11.3 Å². The second-order valence-corrected chi connectivity index (χ2v) is 8.40. The molecule has 3 heterocycles. The number of nitrogens with one attached hydrogen (secondary N) is 2. The number of amides is 2. The molecule has 0 bridgehead atoms. The Kier molecular flexibility index (Phi) is 5.54. The van der Waals surface area contributed by atoms with E-state index in [9.17, 15) is 9.59 Å². The fourth-order valence-electron chi connectivity index (χ4n) is 3.97. The minimum Gasteiger partial charge on any atom is -0.365 e. The molecule has 2 aromatic heterocycles. The third-order valence-corrected chi connectivity index (χ3v) is 6.59. The average molecular weight is 402 g/mol. The summed E-state index contributed by atoms with van der Waals surface area (Å²) in [5.41, 5.74) is 7.17. The molecule has 0 radical (unpaired) electrons. The van der Waals surface area contributed by atoms with Crippen LogP contribution in [0.1, 0.15) is 33.6 Å². The molecule has 2 aromatic rings. The van der Waals surface area contributed by atoms with E-state index in [2.05, 4.69) is 20.2 Å². The normalized spacial score (nSPS) is 17.2. The second-order valence-electron chi connectivity index (χ2n) is 7.29. The van der Waals surface area contributed by atoms with E-state index < -0.39 is 5.91 Å². The molecule has 0 unspecified atom stereocenters. The number of carbonyl (C=O) groups is 2. The van der Waals surface area contributed by atoms with Gasteiger partial charge in [-0.25, -0.2) is 9.97 Å². The number of carbonyl (C=O) groups excluding carboxylic acids is 2. The molecule has 28 heavy (non-hydrogen) atoms. The highest BCUT2D eigenvalue weighted by molar-refractivity contribution is 7.17. The van der Waals surface area contributed by atoms with Crippen LogP contribution in [0.2, 0.25) is 0 Å². The molecular weight excluding hydrogens is 376 g/mol. The molecule has 8 nitrogen and oxygen atoms in total. The van der Waals surface area contributed by atoms with E-state index in [4.69, 9.17) is 5.73 Å².